The minimum absolute atomic E-state index is 0.208. The lowest BCUT2D eigenvalue weighted by Gasteiger charge is -2.26. The van der Waals surface area contributed by atoms with Crippen LogP contribution in [0.1, 0.15) is 28.5 Å². The summed E-state index contributed by atoms with van der Waals surface area (Å²) in [5.41, 5.74) is 1.20. The Morgan fingerprint density at radius 2 is 1.65 bits per heavy atom. The number of halogens is 3. The van der Waals surface area contributed by atoms with Crippen molar-refractivity contribution < 1.29 is 9.59 Å². The molecule has 1 aliphatic heterocycles. The quantitative estimate of drug-likeness (QED) is 0.254. The Balaban J connectivity index is 1.69. The number of rotatable bonds is 5. The fraction of sp³-hybridized carbons (Fsp3) is 0.115. The van der Waals surface area contributed by atoms with E-state index in [0.717, 1.165) is 10.0 Å². The lowest BCUT2D eigenvalue weighted by Crippen LogP contribution is -2.42. The van der Waals surface area contributed by atoms with E-state index in [1.54, 1.807) is 47.0 Å². The van der Waals surface area contributed by atoms with Gasteiger partial charge in [-0.3, -0.25) is 14.2 Å². The molecular formula is C26H18BrCl2N3O2. The number of carbonyl (C=O) groups excluding carboxylic acids is 2. The molecule has 4 aromatic rings. The van der Waals surface area contributed by atoms with Gasteiger partial charge >= 0.3 is 0 Å². The van der Waals surface area contributed by atoms with Crippen LogP contribution in [0, 0.1) is 0 Å². The van der Waals surface area contributed by atoms with Crippen molar-refractivity contribution >= 4 is 62.5 Å². The van der Waals surface area contributed by atoms with Crippen molar-refractivity contribution in [2.45, 2.75) is 18.9 Å². The van der Waals surface area contributed by atoms with E-state index in [1.807, 2.05) is 37.3 Å². The number of hydrogen-bond donors (Lipinski definition) is 0. The molecule has 0 radical (unpaired) electrons. The summed E-state index contributed by atoms with van der Waals surface area (Å²) in [5, 5.41) is 0.797. The third-order valence-electron chi connectivity index (χ3n) is 5.94. The fourth-order valence-corrected chi connectivity index (χ4v) is 5.15. The van der Waals surface area contributed by atoms with Crippen LogP contribution in [0.5, 0.6) is 0 Å². The average molecular weight is 555 g/mol. The minimum Gasteiger partial charge on any atom is -0.291 e. The summed E-state index contributed by atoms with van der Waals surface area (Å²) in [7, 11) is 0. The molecule has 2 heterocycles. The van der Waals surface area contributed by atoms with E-state index in [2.05, 4.69) is 20.9 Å². The van der Waals surface area contributed by atoms with Crippen LogP contribution in [0.4, 0.5) is 11.6 Å². The smallest absolute Gasteiger partial charge is 0.260 e. The van der Waals surface area contributed by atoms with Gasteiger partial charge in [0.25, 0.3) is 5.91 Å². The molecule has 0 saturated heterocycles. The zero-order valence-corrected chi connectivity index (χ0v) is 21.1. The van der Waals surface area contributed by atoms with Gasteiger partial charge < -0.3 is 0 Å². The second-order valence-corrected chi connectivity index (χ2v) is 10.1. The first kappa shape index (κ1) is 22.8. The van der Waals surface area contributed by atoms with Crippen LogP contribution in [0.15, 0.2) is 83.5 Å². The van der Waals surface area contributed by atoms with Crippen molar-refractivity contribution in [3.63, 3.8) is 0 Å². The molecule has 1 atom stereocenters. The molecule has 0 N–H and O–H groups in total. The van der Waals surface area contributed by atoms with Crippen LogP contribution in [0.3, 0.4) is 0 Å². The standard InChI is InChI=1S/C26H18BrCl2N3O2/c1-26(14-16-7-9-18(27)10-8-16)24(34)31(21-12-19(28)11-20(29)13-21)25-30-15-22(32(25)26)23(33)17-5-3-2-4-6-17/h2-13,15H,14H2,1H3. The highest BCUT2D eigenvalue weighted by molar-refractivity contribution is 9.10. The van der Waals surface area contributed by atoms with Crippen LogP contribution < -0.4 is 4.90 Å². The average Bonchev–Trinajstić information content (AvgIpc) is 3.33. The van der Waals surface area contributed by atoms with Crippen LogP contribution in [-0.4, -0.2) is 21.2 Å². The Hall–Kier alpha value is -2.93. The first-order valence-electron chi connectivity index (χ1n) is 10.5. The maximum absolute atomic E-state index is 14.0. The van der Waals surface area contributed by atoms with Crippen molar-refractivity contribution in [1.29, 1.82) is 0 Å². The number of benzene rings is 3. The Kier molecular flexibility index (Phi) is 5.84. The maximum atomic E-state index is 14.0. The molecule has 0 bridgehead atoms. The topological polar surface area (TPSA) is 55.2 Å². The van der Waals surface area contributed by atoms with E-state index < -0.39 is 5.54 Å². The molecule has 1 unspecified atom stereocenters. The van der Waals surface area contributed by atoms with E-state index in [4.69, 9.17) is 23.2 Å². The van der Waals surface area contributed by atoms with Gasteiger partial charge in [0, 0.05) is 26.5 Å². The van der Waals surface area contributed by atoms with Crippen LogP contribution in [-0.2, 0) is 16.8 Å². The van der Waals surface area contributed by atoms with Gasteiger partial charge in [0.1, 0.15) is 11.2 Å². The second-order valence-electron chi connectivity index (χ2n) is 8.32. The van der Waals surface area contributed by atoms with Crippen molar-refractivity contribution in [3.05, 3.63) is 110 Å². The summed E-state index contributed by atoms with van der Waals surface area (Å²) in [6, 6.07) is 21.7. The number of amides is 1. The highest BCUT2D eigenvalue weighted by Crippen LogP contribution is 2.43. The van der Waals surface area contributed by atoms with Gasteiger partial charge in [-0.1, -0.05) is 81.6 Å². The molecular weight excluding hydrogens is 537 g/mol. The number of ketones is 1. The molecule has 5 rings (SSSR count). The molecule has 1 amide bonds. The van der Waals surface area contributed by atoms with E-state index in [9.17, 15) is 9.59 Å². The number of imidazole rings is 1. The lowest BCUT2D eigenvalue weighted by atomic mass is 9.91. The number of fused-ring (bicyclic) bond motifs is 1. The first-order valence-corrected chi connectivity index (χ1v) is 12.1. The van der Waals surface area contributed by atoms with Crippen LogP contribution in [0.25, 0.3) is 0 Å². The zero-order valence-electron chi connectivity index (χ0n) is 18.0. The second kappa shape index (κ2) is 8.69. The van der Waals surface area contributed by atoms with Crippen molar-refractivity contribution in [2.75, 3.05) is 4.90 Å². The predicted molar refractivity (Wildman–Crippen MR) is 137 cm³/mol. The molecule has 1 aromatic heterocycles. The van der Waals surface area contributed by atoms with Crippen molar-refractivity contribution in [3.8, 4) is 0 Å². The fourth-order valence-electron chi connectivity index (χ4n) is 4.37. The van der Waals surface area contributed by atoms with Crippen molar-refractivity contribution in [1.82, 2.24) is 9.55 Å². The van der Waals surface area contributed by atoms with E-state index in [0.29, 0.717) is 39.4 Å². The van der Waals surface area contributed by atoms with Crippen LogP contribution in [0.2, 0.25) is 10.0 Å². The van der Waals surface area contributed by atoms with E-state index in [1.165, 1.54) is 11.1 Å². The molecule has 3 aromatic carbocycles. The Morgan fingerprint density at radius 1 is 1.00 bits per heavy atom. The van der Waals surface area contributed by atoms with Gasteiger partial charge in [-0.25, -0.2) is 9.88 Å². The Labute approximate surface area is 215 Å². The summed E-state index contributed by atoms with van der Waals surface area (Å²) in [5.74, 6) is -0.0821. The summed E-state index contributed by atoms with van der Waals surface area (Å²) < 4.78 is 2.68. The third kappa shape index (κ3) is 3.86. The van der Waals surface area contributed by atoms with Gasteiger partial charge in [0.2, 0.25) is 11.7 Å². The van der Waals surface area contributed by atoms with Gasteiger partial charge in [-0.15, -0.1) is 0 Å². The summed E-state index contributed by atoms with van der Waals surface area (Å²) >= 11 is 15.9. The largest absolute Gasteiger partial charge is 0.291 e. The summed E-state index contributed by atoms with van der Waals surface area (Å²) in [4.78, 5) is 33.5. The molecule has 5 nitrogen and oxygen atoms in total. The highest BCUT2D eigenvalue weighted by atomic mass is 79.9. The molecule has 0 aliphatic carbocycles. The van der Waals surface area contributed by atoms with Gasteiger partial charge in [0.15, 0.2) is 0 Å². The van der Waals surface area contributed by atoms with E-state index >= 15 is 0 Å². The molecule has 0 fully saturated rings. The predicted octanol–water partition coefficient (Wildman–Crippen LogP) is 6.82. The van der Waals surface area contributed by atoms with Gasteiger partial charge in [0.05, 0.1) is 11.9 Å². The Morgan fingerprint density at radius 3 is 2.29 bits per heavy atom. The van der Waals surface area contributed by atoms with Gasteiger partial charge in [-0.2, -0.15) is 0 Å². The molecule has 0 saturated carbocycles. The number of nitrogens with zero attached hydrogens (tertiary/aromatic N) is 3. The van der Waals surface area contributed by atoms with Crippen LogP contribution >= 0.6 is 39.1 Å². The minimum atomic E-state index is -1.10. The lowest BCUT2D eigenvalue weighted by molar-refractivity contribution is -0.123. The zero-order chi connectivity index (χ0) is 24.0. The van der Waals surface area contributed by atoms with Crippen molar-refractivity contribution in [2.24, 2.45) is 0 Å². The number of carbonyl (C=O) groups is 2. The molecule has 34 heavy (non-hydrogen) atoms. The highest BCUT2D eigenvalue weighted by Gasteiger charge is 2.51. The summed E-state index contributed by atoms with van der Waals surface area (Å²) in [6.45, 7) is 1.83. The Bertz CT molecular complexity index is 1400. The molecule has 170 valence electrons. The number of hydrogen-bond acceptors (Lipinski definition) is 3. The SMILES string of the molecule is CC1(Cc2ccc(Br)cc2)C(=O)N(c2cc(Cl)cc(Cl)c2)c2ncc(C(=O)c3ccccc3)n21. The first-order chi connectivity index (χ1) is 16.3. The third-order valence-corrected chi connectivity index (χ3v) is 6.90. The molecule has 1 aliphatic rings. The molecule has 8 heteroatoms. The van der Waals surface area contributed by atoms with E-state index in [-0.39, 0.29) is 11.7 Å². The normalized spacial score (nSPS) is 17.2. The maximum Gasteiger partial charge on any atom is 0.260 e. The summed E-state index contributed by atoms with van der Waals surface area (Å²) in [6.07, 6.45) is 1.89. The monoisotopic (exact) mass is 553 g/mol. The number of anilines is 2. The number of aromatic nitrogens is 2. The van der Waals surface area contributed by atoms with Gasteiger partial charge in [-0.05, 0) is 42.8 Å². The molecule has 0 spiro atoms.